The molecule has 46 heavy (non-hydrogen) atoms. The third-order valence-electron chi connectivity index (χ3n) is 6.74. The molecule has 256 valence electrons. The summed E-state index contributed by atoms with van der Waals surface area (Å²) in [6.07, 6.45) is 1.42. The molecule has 0 heterocycles. The minimum absolute atomic E-state index is 0.00464. The van der Waals surface area contributed by atoms with Crippen molar-refractivity contribution in [2.45, 2.75) is 83.0 Å². The largest absolute Gasteiger partial charge is 0.480 e. The summed E-state index contributed by atoms with van der Waals surface area (Å²) in [6, 6.07) is 4.35. The van der Waals surface area contributed by atoms with E-state index in [1.807, 2.05) is 13.8 Å². The second-order valence-electron chi connectivity index (χ2n) is 11.3. The lowest BCUT2D eigenvalue weighted by Crippen LogP contribution is -2.57. The predicted octanol–water partition coefficient (Wildman–Crippen LogP) is -2.23. The highest BCUT2D eigenvalue weighted by molar-refractivity contribution is 5.94. The van der Waals surface area contributed by atoms with Crippen LogP contribution in [0.25, 0.3) is 0 Å². The smallest absolute Gasteiger partial charge is 0.326 e. The van der Waals surface area contributed by atoms with Crippen molar-refractivity contribution in [3.05, 3.63) is 35.9 Å². The second-order valence-corrected chi connectivity index (χ2v) is 11.3. The molecule has 6 amide bonds. The quantitative estimate of drug-likeness (QED) is 0.0610. The molecular weight excluding hydrogens is 600 g/mol. The van der Waals surface area contributed by atoms with Crippen molar-refractivity contribution in [1.29, 1.82) is 0 Å². The Hall–Kier alpha value is -4.57. The fraction of sp³-hybridized carbons (Fsp3) is 0.567. The molecule has 0 unspecified atom stereocenters. The highest BCUT2D eigenvalue weighted by atomic mass is 16.4. The number of unbranched alkanes of at least 4 members (excludes halogenated alkanes) is 1. The number of aliphatic carboxylic acids is 1. The number of carbonyl (C=O) groups is 7. The average molecular weight is 649 g/mol. The minimum atomic E-state index is -1.21. The number of benzene rings is 1. The molecule has 0 fully saturated rings. The lowest BCUT2D eigenvalue weighted by molar-refractivity contribution is -0.142. The Morgan fingerprint density at radius 2 is 1.37 bits per heavy atom. The zero-order valence-corrected chi connectivity index (χ0v) is 26.4. The predicted molar refractivity (Wildman–Crippen MR) is 168 cm³/mol. The molecule has 1 aromatic rings. The van der Waals surface area contributed by atoms with E-state index in [1.54, 1.807) is 30.3 Å². The molecule has 0 spiro atoms. The molecule has 0 aromatic heterocycles. The van der Waals surface area contributed by atoms with Crippen molar-refractivity contribution in [2.24, 2.45) is 23.1 Å². The number of carboxylic acid groups (broad SMARTS) is 1. The first-order chi connectivity index (χ1) is 21.7. The van der Waals surface area contributed by atoms with E-state index >= 15 is 0 Å². The van der Waals surface area contributed by atoms with Crippen LogP contribution in [-0.4, -0.2) is 90.3 Å². The summed E-state index contributed by atoms with van der Waals surface area (Å²) in [7, 11) is 0. The first kappa shape index (κ1) is 39.5. The maximum absolute atomic E-state index is 13.5. The Morgan fingerprint density at radius 1 is 0.761 bits per heavy atom. The first-order valence-corrected chi connectivity index (χ1v) is 15.2. The van der Waals surface area contributed by atoms with Crippen molar-refractivity contribution in [2.75, 3.05) is 19.6 Å². The highest BCUT2D eigenvalue weighted by Crippen LogP contribution is 2.10. The number of rotatable bonds is 22. The zero-order valence-electron chi connectivity index (χ0n) is 26.4. The molecule has 1 rings (SSSR count). The van der Waals surface area contributed by atoms with Crippen LogP contribution in [0.5, 0.6) is 0 Å². The van der Waals surface area contributed by atoms with E-state index in [-0.39, 0.29) is 38.0 Å². The van der Waals surface area contributed by atoms with E-state index in [0.717, 1.165) is 0 Å². The number of primary amides is 1. The molecule has 16 nitrogen and oxygen atoms in total. The fourth-order valence-corrected chi connectivity index (χ4v) is 4.27. The number of nitrogens with two attached hydrogens (primary N) is 3. The summed E-state index contributed by atoms with van der Waals surface area (Å²) in [5.74, 6) is -5.33. The van der Waals surface area contributed by atoms with Crippen molar-refractivity contribution in [3.63, 3.8) is 0 Å². The summed E-state index contributed by atoms with van der Waals surface area (Å²) >= 11 is 0. The molecule has 0 bridgehead atoms. The Balaban J connectivity index is 2.91. The van der Waals surface area contributed by atoms with Crippen molar-refractivity contribution < 1.29 is 38.7 Å². The number of nitrogens with one attached hydrogen (secondary N) is 5. The maximum Gasteiger partial charge on any atom is 0.326 e. The standard InChI is InChI=1S/C30H48N8O8/c1-18(2)14-22(28(43)37-21(30(45)46)10-6-7-13-31)38-29(44)23(15-19-8-4-3-5-9-19)36-26(41)17-34-25(40)16-35-27(42)20(32)11-12-24(33)39/h3-5,8-9,18,20-23H,6-7,10-17,31-32H2,1-2H3,(H2,33,39)(H,34,40)(H,35,42)(H,36,41)(H,37,43)(H,38,44)(H,45,46)/t20-,21-,22-,23-/m0/s1. The third-order valence-corrected chi connectivity index (χ3v) is 6.74. The van der Waals surface area contributed by atoms with Gasteiger partial charge in [-0.1, -0.05) is 44.2 Å². The molecule has 1 aromatic carbocycles. The second kappa shape index (κ2) is 21.2. The number of carboxylic acids is 1. The van der Waals surface area contributed by atoms with Gasteiger partial charge in [-0.2, -0.15) is 0 Å². The maximum atomic E-state index is 13.5. The van der Waals surface area contributed by atoms with E-state index in [9.17, 15) is 38.7 Å². The van der Waals surface area contributed by atoms with Gasteiger partial charge in [-0.25, -0.2) is 4.79 Å². The van der Waals surface area contributed by atoms with Crippen LogP contribution >= 0.6 is 0 Å². The zero-order chi connectivity index (χ0) is 34.6. The van der Waals surface area contributed by atoms with E-state index in [0.29, 0.717) is 24.9 Å². The SMILES string of the molecule is CC(C)C[C@H](NC(=O)[C@H](Cc1ccccc1)NC(=O)CNC(=O)CNC(=O)[C@@H](N)CCC(N)=O)C(=O)N[C@@H](CCCCN)C(=O)O. The van der Waals surface area contributed by atoms with Crippen LogP contribution in [0.15, 0.2) is 30.3 Å². The van der Waals surface area contributed by atoms with Crippen molar-refractivity contribution in [1.82, 2.24) is 26.6 Å². The molecule has 4 atom stereocenters. The molecule has 16 heteroatoms. The van der Waals surface area contributed by atoms with E-state index < -0.39 is 78.7 Å². The van der Waals surface area contributed by atoms with Crippen LogP contribution in [0.4, 0.5) is 0 Å². The first-order valence-electron chi connectivity index (χ1n) is 15.2. The Morgan fingerprint density at radius 3 is 1.96 bits per heavy atom. The fourth-order valence-electron chi connectivity index (χ4n) is 4.27. The summed E-state index contributed by atoms with van der Waals surface area (Å²) in [6.45, 7) is 3.05. The topological polar surface area (TPSA) is 278 Å². The van der Waals surface area contributed by atoms with Gasteiger partial charge >= 0.3 is 5.97 Å². The molecule has 0 saturated heterocycles. The Kier molecular flexibility index (Phi) is 18.2. The van der Waals surface area contributed by atoms with Gasteiger partial charge in [0.05, 0.1) is 19.1 Å². The van der Waals surface area contributed by atoms with Gasteiger partial charge in [0, 0.05) is 12.8 Å². The van der Waals surface area contributed by atoms with E-state index in [2.05, 4.69) is 26.6 Å². The molecule has 0 saturated carbocycles. The van der Waals surface area contributed by atoms with Crippen molar-refractivity contribution >= 4 is 41.4 Å². The van der Waals surface area contributed by atoms with Gasteiger partial charge < -0.3 is 48.9 Å². The molecular formula is C30H48N8O8. The lowest BCUT2D eigenvalue weighted by Gasteiger charge is -2.25. The number of hydrogen-bond acceptors (Lipinski definition) is 9. The summed E-state index contributed by atoms with van der Waals surface area (Å²) in [5.41, 5.74) is 16.9. The van der Waals surface area contributed by atoms with Gasteiger partial charge in [0.25, 0.3) is 0 Å². The number of carbonyl (C=O) groups excluding carboxylic acids is 6. The number of hydrogen-bond donors (Lipinski definition) is 9. The molecule has 0 aliphatic rings. The summed E-state index contributed by atoms with van der Waals surface area (Å²) < 4.78 is 0. The van der Waals surface area contributed by atoms with Gasteiger partial charge in [0.1, 0.15) is 18.1 Å². The minimum Gasteiger partial charge on any atom is -0.480 e. The van der Waals surface area contributed by atoms with Gasteiger partial charge in [-0.15, -0.1) is 0 Å². The Bertz CT molecular complexity index is 1180. The number of amides is 6. The monoisotopic (exact) mass is 648 g/mol. The molecule has 12 N–H and O–H groups in total. The summed E-state index contributed by atoms with van der Waals surface area (Å²) in [5, 5.41) is 21.9. The lowest BCUT2D eigenvalue weighted by atomic mass is 10.0. The van der Waals surface area contributed by atoms with E-state index in [4.69, 9.17) is 17.2 Å². The van der Waals surface area contributed by atoms with Crippen LogP contribution in [0.3, 0.4) is 0 Å². The van der Waals surface area contributed by atoms with Crippen LogP contribution in [0.2, 0.25) is 0 Å². The van der Waals surface area contributed by atoms with Gasteiger partial charge in [-0.05, 0) is 50.1 Å². The van der Waals surface area contributed by atoms with Crippen LogP contribution in [-0.2, 0) is 40.0 Å². The van der Waals surface area contributed by atoms with Gasteiger partial charge in [0.2, 0.25) is 35.4 Å². The van der Waals surface area contributed by atoms with Crippen LogP contribution < -0.4 is 43.8 Å². The van der Waals surface area contributed by atoms with Crippen LogP contribution in [0, 0.1) is 5.92 Å². The van der Waals surface area contributed by atoms with E-state index in [1.165, 1.54) is 0 Å². The molecule has 0 aliphatic carbocycles. The van der Waals surface area contributed by atoms with Crippen LogP contribution in [0.1, 0.15) is 57.9 Å². The summed E-state index contributed by atoms with van der Waals surface area (Å²) in [4.78, 5) is 86.2. The van der Waals surface area contributed by atoms with Gasteiger partial charge in [0.15, 0.2) is 0 Å². The highest BCUT2D eigenvalue weighted by Gasteiger charge is 2.30. The Labute approximate surface area is 268 Å². The van der Waals surface area contributed by atoms with Crippen molar-refractivity contribution in [3.8, 4) is 0 Å². The average Bonchev–Trinajstić information content (AvgIpc) is 3.00. The molecule has 0 aliphatic heterocycles. The normalized spacial score (nSPS) is 13.4. The van der Waals surface area contributed by atoms with Gasteiger partial charge in [-0.3, -0.25) is 28.8 Å². The molecule has 0 radical (unpaired) electrons. The third kappa shape index (κ3) is 16.5.